The molecule has 0 spiro atoms. The maximum atomic E-state index is 12.8. The molecule has 0 saturated carbocycles. The summed E-state index contributed by atoms with van der Waals surface area (Å²) in [6.45, 7) is 1.86. The SMILES string of the molecule is Cc1cc(N)ncc1-c1ccc(Cl)c(S(=O)(=O)Nc2ccc(C#N)cn2)c1. The Kier molecular flexibility index (Phi) is 4.99. The Morgan fingerprint density at radius 3 is 2.56 bits per heavy atom. The number of nitrogens with two attached hydrogens (primary N) is 1. The molecular weight excluding hydrogens is 386 g/mol. The second kappa shape index (κ2) is 7.23. The van der Waals surface area contributed by atoms with E-state index in [0.717, 1.165) is 11.1 Å². The summed E-state index contributed by atoms with van der Waals surface area (Å²) in [6.07, 6.45) is 2.86. The second-order valence-corrected chi connectivity index (χ2v) is 7.78. The van der Waals surface area contributed by atoms with E-state index in [9.17, 15) is 8.42 Å². The highest BCUT2D eigenvalue weighted by atomic mass is 35.5. The minimum atomic E-state index is -3.99. The van der Waals surface area contributed by atoms with Crippen LogP contribution in [0.2, 0.25) is 5.02 Å². The summed E-state index contributed by atoms with van der Waals surface area (Å²) >= 11 is 6.13. The number of nitrogen functional groups attached to an aromatic ring is 1. The number of rotatable bonds is 4. The Bertz CT molecular complexity index is 1160. The van der Waals surface area contributed by atoms with Crippen LogP contribution in [0, 0.1) is 18.3 Å². The van der Waals surface area contributed by atoms with Crippen LogP contribution in [0.25, 0.3) is 11.1 Å². The van der Waals surface area contributed by atoms with Gasteiger partial charge >= 0.3 is 0 Å². The molecule has 0 unspecified atom stereocenters. The van der Waals surface area contributed by atoms with Crippen LogP contribution in [0.1, 0.15) is 11.1 Å². The van der Waals surface area contributed by atoms with Gasteiger partial charge in [0.15, 0.2) is 0 Å². The molecule has 0 saturated heterocycles. The fourth-order valence-corrected chi connectivity index (χ4v) is 4.00. The lowest BCUT2D eigenvalue weighted by Gasteiger charge is -2.12. The van der Waals surface area contributed by atoms with Crippen molar-refractivity contribution in [1.29, 1.82) is 5.26 Å². The minimum Gasteiger partial charge on any atom is -0.384 e. The van der Waals surface area contributed by atoms with Crippen molar-refractivity contribution < 1.29 is 8.42 Å². The first-order valence-corrected chi connectivity index (χ1v) is 9.57. The van der Waals surface area contributed by atoms with E-state index in [1.807, 2.05) is 13.0 Å². The van der Waals surface area contributed by atoms with Crippen molar-refractivity contribution in [3.05, 3.63) is 64.9 Å². The van der Waals surface area contributed by atoms with Gasteiger partial charge in [0.05, 0.1) is 10.6 Å². The van der Waals surface area contributed by atoms with Crippen LogP contribution in [-0.4, -0.2) is 18.4 Å². The van der Waals surface area contributed by atoms with Gasteiger partial charge in [-0.2, -0.15) is 5.26 Å². The fraction of sp³-hybridized carbons (Fsp3) is 0.0556. The van der Waals surface area contributed by atoms with Crippen LogP contribution in [0.5, 0.6) is 0 Å². The van der Waals surface area contributed by atoms with Gasteiger partial charge in [0.25, 0.3) is 10.0 Å². The standard InChI is InChI=1S/C18H14ClN5O2S/c1-11-6-17(21)22-10-14(11)13-3-4-15(19)16(7-13)27(25,26)24-18-5-2-12(8-20)9-23-18/h2-7,9-10H,1H3,(H2,21,22)(H,23,24). The molecule has 2 heterocycles. The van der Waals surface area contributed by atoms with Gasteiger partial charge in [-0.25, -0.2) is 18.4 Å². The lowest BCUT2D eigenvalue weighted by molar-refractivity contribution is 0.601. The molecule has 3 rings (SSSR count). The molecular formula is C18H14ClN5O2S. The number of hydrogen-bond acceptors (Lipinski definition) is 6. The van der Waals surface area contributed by atoms with Gasteiger partial charge in [0.1, 0.15) is 22.6 Å². The molecule has 3 aromatic rings. The number of halogens is 1. The molecule has 27 heavy (non-hydrogen) atoms. The van der Waals surface area contributed by atoms with Crippen molar-refractivity contribution in [2.24, 2.45) is 0 Å². The Balaban J connectivity index is 2.00. The highest BCUT2D eigenvalue weighted by molar-refractivity contribution is 7.92. The van der Waals surface area contributed by atoms with Crippen molar-refractivity contribution in [3.63, 3.8) is 0 Å². The Morgan fingerprint density at radius 2 is 1.93 bits per heavy atom. The number of nitriles is 1. The zero-order valence-corrected chi connectivity index (χ0v) is 15.7. The van der Waals surface area contributed by atoms with E-state index >= 15 is 0 Å². The van der Waals surface area contributed by atoms with Gasteiger partial charge in [-0.1, -0.05) is 17.7 Å². The van der Waals surface area contributed by atoms with Crippen LogP contribution in [0.4, 0.5) is 11.6 Å². The van der Waals surface area contributed by atoms with Crippen LogP contribution in [-0.2, 0) is 10.0 Å². The number of aromatic nitrogens is 2. The number of nitrogens with one attached hydrogen (secondary N) is 1. The van der Waals surface area contributed by atoms with Crippen molar-refractivity contribution in [2.45, 2.75) is 11.8 Å². The molecule has 1 aromatic carbocycles. The normalized spacial score (nSPS) is 11.0. The number of hydrogen-bond donors (Lipinski definition) is 2. The van der Waals surface area contributed by atoms with Gasteiger partial charge < -0.3 is 5.73 Å². The van der Waals surface area contributed by atoms with Crippen LogP contribution in [0.15, 0.2) is 53.7 Å². The Morgan fingerprint density at radius 1 is 1.15 bits per heavy atom. The van der Waals surface area contributed by atoms with E-state index in [2.05, 4.69) is 14.7 Å². The first-order valence-electron chi connectivity index (χ1n) is 7.71. The first kappa shape index (κ1) is 18.6. The van der Waals surface area contributed by atoms with Gasteiger partial charge in [-0.3, -0.25) is 4.72 Å². The molecule has 0 aliphatic rings. The van der Waals surface area contributed by atoms with Crippen LogP contribution >= 0.6 is 11.6 Å². The zero-order chi connectivity index (χ0) is 19.6. The lowest BCUT2D eigenvalue weighted by atomic mass is 10.0. The van der Waals surface area contributed by atoms with Crippen LogP contribution < -0.4 is 10.5 Å². The molecule has 3 N–H and O–H groups in total. The molecule has 0 fully saturated rings. The summed E-state index contributed by atoms with van der Waals surface area (Å²) in [7, 11) is -3.99. The molecule has 0 amide bonds. The number of benzene rings is 1. The molecule has 0 radical (unpaired) electrons. The molecule has 7 nitrogen and oxygen atoms in total. The number of anilines is 2. The summed E-state index contributed by atoms with van der Waals surface area (Å²) < 4.78 is 27.9. The maximum absolute atomic E-state index is 12.8. The summed E-state index contributed by atoms with van der Waals surface area (Å²) in [5, 5.41) is 8.87. The number of nitrogens with zero attached hydrogens (tertiary/aromatic N) is 3. The average Bonchev–Trinajstić information content (AvgIpc) is 2.63. The average molecular weight is 400 g/mol. The smallest absolute Gasteiger partial charge is 0.264 e. The van der Waals surface area contributed by atoms with E-state index in [1.165, 1.54) is 30.5 Å². The molecule has 2 aromatic heterocycles. The third-order valence-electron chi connectivity index (χ3n) is 3.80. The van der Waals surface area contributed by atoms with Gasteiger partial charge in [0.2, 0.25) is 0 Å². The van der Waals surface area contributed by atoms with E-state index < -0.39 is 10.0 Å². The number of sulfonamides is 1. The van der Waals surface area contributed by atoms with Crippen molar-refractivity contribution in [1.82, 2.24) is 9.97 Å². The largest absolute Gasteiger partial charge is 0.384 e. The minimum absolute atomic E-state index is 0.0703. The quantitative estimate of drug-likeness (QED) is 0.693. The summed E-state index contributed by atoms with van der Waals surface area (Å²) in [5.41, 5.74) is 8.23. The molecule has 0 aliphatic carbocycles. The fourth-order valence-electron chi connectivity index (χ4n) is 2.47. The molecule has 0 aliphatic heterocycles. The van der Waals surface area contributed by atoms with Gasteiger partial charge in [-0.05, 0) is 48.4 Å². The van der Waals surface area contributed by atoms with Gasteiger partial charge in [0, 0.05) is 18.0 Å². The first-order chi connectivity index (χ1) is 12.8. The monoisotopic (exact) mass is 399 g/mol. The van der Waals surface area contributed by atoms with E-state index in [1.54, 1.807) is 18.3 Å². The number of aryl methyl sites for hydroxylation is 1. The molecule has 0 bridgehead atoms. The second-order valence-electron chi connectivity index (χ2n) is 5.72. The van der Waals surface area contributed by atoms with E-state index in [4.69, 9.17) is 22.6 Å². The topological polar surface area (TPSA) is 122 Å². The highest BCUT2D eigenvalue weighted by Gasteiger charge is 2.20. The Labute approximate surface area is 161 Å². The van der Waals surface area contributed by atoms with Crippen LogP contribution in [0.3, 0.4) is 0 Å². The highest BCUT2D eigenvalue weighted by Crippen LogP contribution is 2.31. The lowest BCUT2D eigenvalue weighted by Crippen LogP contribution is -2.14. The molecule has 9 heteroatoms. The third kappa shape index (κ3) is 4.00. The number of pyridine rings is 2. The molecule has 0 atom stereocenters. The van der Waals surface area contributed by atoms with E-state index in [0.29, 0.717) is 16.9 Å². The molecule has 136 valence electrons. The summed E-state index contributed by atoms with van der Waals surface area (Å²) in [5.74, 6) is 0.465. The van der Waals surface area contributed by atoms with Crippen molar-refractivity contribution >= 4 is 33.3 Å². The predicted molar refractivity (Wildman–Crippen MR) is 104 cm³/mol. The predicted octanol–water partition coefficient (Wildman–Crippen LogP) is 3.36. The third-order valence-corrected chi connectivity index (χ3v) is 5.63. The van der Waals surface area contributed by atoms with E-state index in [-0.39, 0.29) is 15.7 Å². The van der Waals surface area contributed by atoms with Crippen molar-refractivity contribution in [2.75, 3.05) is 10.5 Å². The zero-order valence-electron chi connectivity index (χ0n) is 14.1. The summed E-state index contributed by atoms with van der Waals surface area (Å²) in [4.78, 5) is 7.88. The Hall–Kier alpha value is -3.15. The van der Waals surface area contributed by atoms with Crippen molar-refractivity contribution in [3.8, 4) is 17.2 Å². The maximum Gasteiger partial charge on any atom is 0.264 e. The van der Waals surface area contributed by atoms with Gasteiger partial charge in [-0.15, -0.1) is 0 Å². The summed E-state index contributed by atoms with van der Waals surface area (Å²) in [6, 6.07) is 11.2.